The second kappa shape index (κ2) is 6.15. The molecule has 0 radical (unpaired) electrons. The van der Waals surface area contributed by atoms with Crippen molar-refractivity contribution in [2.45, 2.75) is 51.2 Å². The minimum absolute atomic E-state index is 0.247. The first-order chi connectivity index (χ1) is 7.54. The topological polar surface area (TPSA) is 12.0 Å². The van der Waals surface area contributed by atoms with Crippen LogP contribution in [0, 0.1) is 17.8 Å². The monoisotopic (exact) mass is 233 g/mol. The molecule has 1 aliphatic rings. The summed E-state index contributed by atoms with van der Waals surface area (Å²) in [6, 6.07) is 0.247. The van der Waals surface area contributed by atoms with Gasteiger partial charge in [0, 0.05) is 19.0 Å². The average Bonchev–Trinajstić information content (AvgIpc) is 2.24. The number of hydrogen-bond donors (Lipinski definition) is 1. The molecular weight excluding hydrogens is 215 g/mol. The highest BCUT2D eigenvalue weighted by molar-refractivity contribution is 4.95. The molecule has 1 rings (SSSR count). The quantitative estimate of drug-likeness (QED) is 0.583. The van der Waals surface area contributed by atoms with E-state index in [4.69, 9.17) is 0 Å². The van der Waals surface area contributed by atoms with Gasteiger partial charge >= 0.3 is 6.18 Å². The molecule has 0 atom stereocenters. The lowest BCUT2D eigenvalue weighted by molar-refractivity contribution is -0.182. The van der Waals surface area contributed by atoms with E-state index in [2.05, 4.69) is 17.2 Å². The summed E-state index contributed by atoms with van der Waals surface area (Å²) in [5.74, 6) is 4.64. The van der Waals surface area contributed by atoms with Gasteiger partial charge in [-0.05, 0) is 32.6 Å². The summed E-state index contributed by atoms with van der Waals surface area (Å²) in [6.07, 6.45) is -1.44. The molecule has 16 heavy (non-hydrogen) atoms. The lowest BCUT2D eigenvalue weighted by Gasteiger charge is -2.30. The highest BCUT2D eigenvalue weighted by Crippen LogP contribution is 2.37. The van der Waals surface area contributed by atoms with E-state index in [1.54, 1.807) is 6.92 Å². The molecule has 0 bridgehead atoms. The summed E-state index contributed by atoms with van der Waals surface area (Å²) in [5, 5.41) is 3.26. The van der Waals surface area contributed by atoms with Crippen molar-refractivity contribution in [2.75, 3.05) is 6.54 Å². The van der Waals surface area contributed by atoms with Gasteiger partial charge in [0.05, 0.1) is 5.92 Å². The number of rotatable bonds is 3. The highest BCUT2D eigenvalue weighted by atomic mass is 19.4. The maximum atomic E-state index is 12.4. The molecule has 0 heterocycles. The summed E-state index contributed by atoms with van der Waals surface area (Å²) in [4.78, 5) is 0. The maximum Gasteiger partial charge on any atom is 0.391 e. The molecule has 0 aromatic rings. The summed E-state index contributed by atoms with van der Waals surface area (Å²) >= 11 is 0. The van der Waals surface area contributed by atoms with Crippen LogP contribution >= 0.6 is 0 Å². The van der Waals surface area contributed by atoms with Crippen molar-refractivity contribution in [3.63, 3.8) is 0 Å². The first kappa shape index (κ1) is 13.4. The molecule has 0 spiro atoms. The van der Waals surface area contributed by atoms with Crippen LogP contribution in [0.3, 0.4) is 0 Å². The van der Waals surface area contributed by atoms with Crippen molar-refractivity contribution in [3.8, 4) is 11.8 Å². The Balaban J connectivity index is 2.19. The largest absolute Gasteiger partial charge is 0.391 e. The van der Waals surface area contributed by atoms with E-state index < -0.39 is 12.1 Å². The summed E-state index contributed by atoms with van der Waals surface area (Å²) < 4.78 is 37.1. The zero-order chi connectivity index (χ0) is 12.0. The fourth-order valence-corrected chi connectivity index (χ4v) is 2.09. The van der Waals surface area contributed by atoms with Gasteiger partial charge in [0.1, 0.15) is 0 Å². The molecule has 0 aromatic carbocycles. The van der Waals surface area contributed by atoms with E-state index in [0.717, 1.165) is 13.0 Å². The second-order valence-corrected chi connectivity index (χ2v) is 4.22. The van der Waals surface area contributed by atoms with Crippen LogP contribution in [0.25, 0.3) is 0 Å². The van der Waals surface area contributed by atoms with Crippen molar-refractivity contribution < 1.29 is 13.2 Å². The third-order valence-electron chi connectivity index (χ3n) is 3.05. The third kappa shape index (κ3) is 4.44. The lowest BCUT2D eigenvalue weighted by atomic mass is 9.85. The smallest absolute Gasteiger partial charge is 0.313 e. The van der Waals surface area contributed by atoms with Crippen LogP contribution in [0.1, 0.15) is 39.0 Å². The predicted octanol–water partition coefficient (Wildman–Crippen LogP) is 3.11. The zero-order valence-corrected chi connectivity index (χ0v) is 9.53. The van der Waals surface area contributed by atoms with E-state index in [1.165, 1.54) is 0 Å². The summed E-state index contributed by atoms with van der Waals surface area (Å²) in [7, 11) is 0. The highest BCUT2D eigenvalue weighted by Gasteiger charge is 2.41. The van der Waals surface area contributed by atoms with E-state index >= 15 is 0 Å². The van der Waals surface area contributed by atoms with Gasteiger partial charge in [-0.3, -0.25) is 0 Å². The van der Waals surface area contributed by atoms with Crippen LogP contribution < -0.4 is 5.32 Å². The van der Waals surface area contributed by atoms with Crippen LogP contribution in [-0.2, 0) is 0 Å². The van der Waals surface area contributed by atoms with Crippen molar-refractivity contribution in [1.29, 1.82) is 0 Å². The average molecular weight is 233 g/mol. The fraction of sp³-hybridized carbons (Fsp3) is 0.833. The Morgan fingerprint density at radius 2 is 1.81 bits per heavy atom. The molecule has 1 fully saturated rings. The molecule has 0 amide bonds. The van der Waals surface area contributed by atoms with Crippen molar-refractivity contribution in [2.24, 2.45) is 5.92 Å². The van der Waals surface area contributed by atoms with Crippen molar-refractivity contribution >= 4 is 0 Å². The van der Waals surface area contributed by atoms with E-state index in [9.17, 15) is 13.2 Å². The van der Waals surface area contributed by atoms with Gasteiger partial charge in [0.2, 0.25) is 0 Å². The Morgan fingerprint density at radius 1 is 1.19 bits per heavy atom. The molecule has 1 N–H and O–H groups in total. The first-order valence-electron chi connectivity index (χ1n) is 5.73. The molecule has 0 aliphatic heterocycles. The molecule has 1 nitrogen and oxygen atoms in total. The number of hydrogen-bond acceptors (Lipinski definition) is 1. The number of alkyl halides is 3. The Morgan fingerprint density at radius 3 is 2.31 bits per heavy atom. The Hall–Kier alpha value is -0.690. The van der Waals surface area contributed by atoms with Gasteiger partial charge in [-0.25, -0.2) is 0 Å². The first-order valence-corrected chi connectivity index (χ1v) is 5.73. The Kier molecular flexibility index (Phi) is 5.14. The Bertz CT molecular complexity index is 254. The lowest BCUT2D eigenvalue weighted by Crippen LogP contribution is -2.37. The van der Waals surface area contributed by atoms with E-state index in [1.807, 2.05) is 0 Å². The van der Waals surface area contributed by atoms with Crippen LogP contribution in [0.4, 0.5) is 13.2 Å². The van der Waals surface area contributed by atoms with Gasteiger partial charge in [0.15, 0.2) is 0 Å². The Labute approximate surface area is 94.8 Å². The molecule has 0 unspecified atom stereocenters. The third-order valence-corrected chi connectivity index (χ3v) is 3.05. The van der Waals surface area contributed by atoms with Crippen LogP contribution in [0.15, 0.2) is 0 Å². The molecule has 1 saturated carbocycles. The normalized spacial score (nSPS) is 26.0. The van der Waals surface area contributed by atoms with Crippen LogP contribution in [-0.4, -0.2) is 18.8 Å². The summed E-state index contributed by atoms with van der Waals surface area (Å²) in [5.41, 5.74) is 0. The van der Waals surface area contributed by atoms with Gasteiger partial charge in [-0.2, -0.15) is 13.2 Å². The van der Waals surface area contributed by atoms with Crippen molar-refractivity contribution in [3.05, 3.63) is 0 Å². The molecule has 0 aromatic heterocycles. The fourth-order valence-electron chi connectivity index (χ4n) is 2.09. The minimum Gasteiger partial charge on any atom is -0.313 e. The van der Waals surface area contributed by atoms with Gasteiger partial charge < -0.3 is 5.32 Å². The SMILES string of the molecule is CC#CCCNC1CCC(C(F)(F)F)CC1. The molecule has 4 heteroatoms. The molecule has 0 saturated heterocycles. The minimum atomic E-state index is -4.00. The van der Waals surface area contributed by atoms with Gasteiger partial charge in [-0.15, -0.1) is 11.8 Å². The standard InChI is InChI=1S/C12H18F3N/c1-2-3-4-9-16-11-7-5-10(6-8-11)12(13,14)15/h10-11,16H,4-9H2,1H3. The summed E-state index contributed by atoms with van der Waals surface area (Å²) in [6.45, 7) is 2.57. The number of nitrogens with one attached hydrogen (secondary N) is 1. The van der Waals surface area contributed by atoms with Gasteiger partial charge in [-0.1, -0.05) is 0 Å². The van der Waals surface area contributed by atoms with Crippen molar-refractivity contribution in [1.82, 2.24) is 5.32 Å². The zero-order valence-electron chi connectivity index (χ0n) is 9.53. The van der Waals surface area contributed by atoms with Gasteiger partial charge in [0.25, 0.3) is 0 Å². The van der Waals surface area contributed by atoms with E-state index in [-0.39, 0.29) is 18.9 Å². The maximum absolute atomic E-state index is 12.4. The predicted molar refractivity (Wildman–Crippen MR) is 57.9 cm³/mol. The second-order valence-electron chi connectivity index (χ2n) is 4.22. The molecular formula is C12H18F3N. The van der Waals surface area contributed by atoms with Crippen LogP contribution in [0.5, 0.6) is 0 Å². The molecule has 92 valence electrons. The molecule has 1 aliphatic carbocycles. The van der Waals surface area contributed by atoms with Crippen LogP contribution in [0.2, 0.25) is 0 Å². The number of halogens is 3. The van der Waals surface area contributed by atoms with E-state index in [0.29, 0.717) is 12.8 Å².